The normalized spacial score (nSPS) is 14.4. The number of hydrogen-bond donors (Lipinski definition) is 2. The molecule has 10 nitrogen and oxygen atoms in total. The predicted octanol–water partition coefficient (Wildman–Crippen LogP) is 8.51. The predicted molar refractivity (Wildman–Crippen MR) is 212 cm³/mol. The van der Waals surface area contributed by atoms with Gasteiger partial charge in [-0.3, -0.25) is 14.1 Å². The zero-order chi connectivity index (χ0) is 36.2. The summed E-state index contributed by atoms with van der Waals surface area (Å²) in [5.74, 6) is 0.123. The van der Waals surface area contributed by atoms with E-state index in [0.717, 1.165) is 62.3 Å². The first-order valence-corrected chi connectivity index (χ1v) is 22.6. The van der Waals surface area contributed by atoms with Crippen molar-refractivity contribution in [2.75, 3.05) is 30.1 Å². The fourth-order valence-corrected chi connectivity index (χ4v) is 11.2. The molecule has 0 bridgehead atoms. The van der Waals surface area contributed by atoms with Gasteiger partial charge in [0, 0.05) is 47.8 Å². The van der Waals surface area contributed by atoms with Gasteiger partial charge in [0.1, 0.15) is 15.1 Å². The summed E-state index contributed by atoms with van der Waals surface area (Å²) in [5.41, 5.74) is 3.10. The number of anilines is 1. The molecule has 0 fully saturated rings. The maximum Gasteiger partial charge on any atom is 0.265 e. The minimum atomic E-state index is -4.10. The van der Waals surface area contributed by atoms with E-state index in [1.165, 1.54) is 0 Å². The smallest absolute Gasteiger partial charge is 0.265 e. The standard InChI is InChI=1S/C30H30N2O7S6.C5H5N/c1-3-19(16-25-31(10-4-14-44(33,34)35)27-23(42-25)7-6-20-8-12-40-29(20)27)17-26-32(11-5-15-45(36,37)38)28-24(43-26)18-22(39-2)21-9-13-41-30(21)28;1-2-4-6-5-3-1/h6-9,12-13,16-18H,3-5,10-11,14-15H2,1-2H3,(H-,33,34,35,36,37,38);1-5H/p+1. The maximum absolute atomic E-state index is 11.6. The average Bonchev–Trinajstić information content (AvgIpc) is 3.89. The number of fused-ring (bicyclic) bond motifs is 6. The molecular formula is C35H36N3O7S6+. The minimum absolute atomic E-state index is 0.251. The second-order valence-electron chi connectivity index (χ2n) is 11.5. The molecule has 0 spiro atoms. The third-order valence-corrected chi connectivity index (χ3v) is 13.7. The molecular weight excluding hydrogens is 767 g/mol. The van der Waals surface area contributed by atoms with Gasteiger partial charge in [0.15, 0.2) is 6.54 Å². The number of thioether (sulfide) groups is 1. The van der Waals surface area contributed by atoms with Gasteiger partial charge in [-0.1, -0.05) is 42.2 Å². The largest absolute Gasteiger partial charge is 0.496 e. The number of allylic oxidation sites excluding steroid dienone is 2. The quantitative estimate of drug-likeness (QED) is 0.0915. The SMILES string of the molecule is CCC(/C=C1\Sc2ccc3ccsc3c2N1CCCS(=O)(=O)O)=C\c1sc2cc(OC)c3ccsc3c2[n+]1CCCS(=O)(=O)O.c1ccncc1. The van der Waals surface area contributed by atoms with Crippen molar-refractivity contribution in [3.05, 3.63) is 93.4 Å². The van der Waals surface area contributed by atoms with Crippen molar-refractivity contribution in [2.45, 2.75) is 37.6 Å². The van der Waals surface area contributed by atoms with Crippen LogP contribution in [0.4, 0.5) is 5.69 Å². The summed E-state index contributed by atoms with van der Waals surface area (Å²) in [5, 5.41) is 8.09. The van der Waals surface area contributed by atoms with Gasteiger partial charge in [-0.2, -0.15) is 21.4 Å². The number of ether oxygens (including phenoxy) is 1. The van der Waals surface area contributed by atoms with E-state index in [0.29, 0.717) is 19.5 Å². The molecule has 16 heteroatoms. The Labute approximate surface area is 313 Å². The van der Waals surface area contributed by atoms with Gasteiger partial charge in [0.05, 0.1) is 34.0 Å². The van der Waals surface area contributed by atoms with Crippen LogP contribution in [0.3, 0.4) is 0 Å². The van der Waals surface area contributed by atoms with Crippen LogP contribution in [0.2, 0.25) is 0 Å². The van der Waals surface area contributed by atoms with Crippen molar-refractivity contribution in [2.24, 2.45) is 0 Å². The van der Waals surface area contributed by atoms with Gasteiger partial charge in [-0.15, -0.1) is 22.7 Å². The Morgan fingerprint density at radius 1 is 0.961 bits per heavy atom. The first kappa shape index (κ1) is 37.4. The molecule has 268 valence electrons. The van der Waals surface area contributed by atoms with Gasteiger partial charge in [-0.25, -0.2) is 0 Å². The van der Waals surface area contributed by atoms with Crippen molar-refractivity contribution in [3.63, 3.8) is 0 Å². The molecule has 6 aromatic rings. The van der Waals surface area contributed by atoms with Crippen LogP contribution < -0.4 is 14.2 Å². The molecule has 51 heavy (non-hydrogen) atoms. The maximum atomic E-state index is 11.6. The topological polar surface area (TPSA) is 138 Å². The lowest BCUT2D eigenvalue weighted by Gasteiger charge is -2.21. The zero-order valence-electron chi connectivity index (χ0n) is 27.8. The van der Waals surface area contributed by atoms with Gasteiger partial charge in [0.2, 0.25) is 5.52 Å². The van der Waals surface area contributed by atoms with Crippen molar-refractivity contribution < 1.29 is 35.2 Å². The fourth-order valence-electron chi connectivity index (χ4n) is 5.80. The Hall–Kier alpha value is -3.35. The number of benzene rings is 2. The number of thiazole rings is 1. The van der Waals surface area contributed by atoms with Crippen LogP contribution in [0.5, 0.6) is 5.75 Å². The molecule has 0 saturated carbocycles. The van der Waals surface area contributed by atoms with Gasteiger partial charge in [0.25, 0.3) is 25.2 Å². The molecule has 5 heterocycles. The van der Waals surface area contributed by atoms with Crippen LogP contribution in [0.25, 0.3) is 36.5 Å². The molecule has 4 aromatic heterocycles. The Morgan fingerprint density at radius 3 is 2.35 bits per heavy atom. The Morgan fingerprint density at radius 2 is 1.69 bits per heavy atom. The molecule has 2 N–H and O–H groups in total. The van der Waals surface area contributed by atoms with E-state index in [1.54, 1.807) is 65.3 Å². The first-order valence-electron chi connectivity index (χ1n) is 16.0. The number of nitrogens with zero attached hydrogens (tertiary/aromatic N) is 3. The summed E-state index contributed by atoms with van der Waals surface area (Å²) in [6, 6.07) is 16.0. The monoisotopic (exact) mass is 802 g/mol. The molecule has 0 atom stereocenters. The number of aryl methyl sites for hydroxylation is 1. The lowest BCUT2D eigenvalue weighted by atomic mass is 10.1. The van der Waals surface area contributed by atoms with E-state index < -0.39 is 20.2 Å². The number of pyridine rings is 1. The Kier molecular flexibility index (Phi) is 11.8. The van der Waals surface area contributed by atoms with E-state index >= 15 is 0 Å². The summed E-state index contributed by atoms with van der Waals surface area (Å²) in [7, 11) is -6.54. The third-order valence-electron chi connectivity index (χ3n) is 8.08. The number of rotatable bonds is 12. The minimum Gasteiger partial charge on any atom is -0.496 e. The molecule has 2 aromatic carbocycles. The zero-order valence-corrected chi connectivity index (χ0v) is 32.7. The van der Waals surface area contributed by atoms with Crippen molar-refractivity contribution in [1.29, 1.82) is 0 Å². The highest BCUT2D eigenvalue weighted by Crippen LogP contribution is 2.51. The van der Waals surface area contributed by atoms with Crippen molar-refractivity contribution in [1.82, 2.24) is 4.98 Å². The van der Waals surface area contributed by atoms with Crippen LogP contribution in [0.1, 0.15) is 31.2 Å². The summed E-state index contributed by atoms with van der Waals surface area (Å²) < 4.78 is 76.0. The molecule has 7 rings (SSSR count). The third kappa shape index (κ3) is 9.00. The van der Waals surface area contributed by atoms with E-state index in [2.05, 4.69) is 51.7 Å². The van der Waals surface area contributed by atoms with Crippen LogP contribution in [-0.4, -0.2) is 56.1 Å². The van der Waals surface area contributed by atoms with Crippen LogP contribution >= 0.6 is 45.8 Å². The Bertz CT molecular complexity index is 2420. The molecule has 1 aliphatic heterocycles. The second-order valence-corrected chi connectivity index (χ2v) is 18.6. The average molecular weight is 803 g/mol. The molecule has 0 amide bonds. The summed E-state index contributed by atoms with van der Waals surface area (Å²) in [6.45, 7) is 2.90. The second kappa shape index (κ2) is 16.1. The highest BCUT2D eigenvalue weighted by atomic mass is 32.2. The number of methoxy groups -OCH3 is 1. The van der Waals surface area contributed by atoms with E-state index in [-0.39, 0.29) is 24.3 Å². The summed E-state index contributed by atoms with van der Waals surface area (Å²) in [4.78, 5) is 7.03. The van der Waals surface area contributed by atoms with E-state index in [4.69, 9.17) is 4.74 Å². The highest BCUT2D eigenvalue weighted by Gasteiger charge is 2.29. The molecule has 0 saturated heterocycles. The summed E-state index contributed by atoms with van der Waals surface area (Å²) >= 11 is 6.49. The van der Waals surface area contributed by atoms with E-state index in [9.17, 15) is 25.9 Å². The molecule has 0 radical (unpaired) electrons. The van der Waals surface area contributed by atoms with Gasteiger partial charge in [-0.05, 0) is 71.0 Å². The van der Waals surface area contributed by atoms with Crippen LogP contribution in [0, 0.1) is 0 Å². The number of aromatic nitrogens is 2. The van der Waals surface area contributed by atoms with Crippen LogP contribution in [-0.2, 0) is 26.8 Å². The molecule has 0 unspecified atom stereocenters. The fraction of sp³-hybridized carbons (Fsp3) is 0.257. The number of thiophene rings is 2. The van der Waals surface area contributed by atoms with Gasteiger partial charge >= 0.3 is 0 Å². The molecule has 0 aliphatic carbocycles. The lowest BCUT2D eigenvalue weighted by molar-refractivity contribution is -0.667. The van der Waals surface area contributed by atoms with Crippen molar-refractivity contribution >= 4 is 108 Å². The number of hydrogen-bond acceptors (Lipinski definition) is 11. The first-order chi connectivity index (χ1) is 24.5. The highest BCUT2D eigenvalue weighted by molar-refractivity contribution is 8.03. The van der Waals surface area contributed by atoms with Gasteiger partial charge < -0.3 is 9.64 Å². The van der Waals surface area contributed by atoms with Crippen molar-refractivity contribution in [3.8, 4) is 5.75 Å². The van der Waals surface area contributed by atoms with E-state index in [1.807, 2.05) is 41.1 Å². The lowest BCUT2D eigenvalue weighted by Crippen LogP contribution is -2.36. The Balaban J connectivity index is 0.000000677. The molecule has 1 aliphatic rings. The van der Waals surface area contributed by atoms with Crippen LogP contribution in [0.15, 0.2) is 93.3 Å². The summed E-state index contributed by atoms with van der Waals surface area (Å²) in [6.07, 6.45) is 8.99.